The number of aryl methyl sites for hydroxylation is 1. The Morgan fingerprint density at radius 2 is 1.91 bits per heavy atom. The smallest absolute Gasteiger partial charge is 0.261 e. The van der Waals surface area contributed by atoms with Gasteiger partial charge in [-0.2, -0.15) is 0 Å². The molecule has 1 aliphatic heterocycles. The molecular formula is C24H32N2O5S. The Hall–Kier alpha value is -2.74. The lowest BCUT2D eigenvalue weighted by atomic mass is 9.89. The highest BCUT2D eigenvalue weighted by Crippen LogP contribution is 2.40. The zero-order valence-corrected chi connectivity index (χ0v) is 20.3. The molecule has 2 aromatic carbocycles. The lowest BCUT2D eigenvalue weighted by molar-refractivity contribution is -0.129. The van der Waals surface area contributed by atoms with E-state index in [1.54, 1.807) is 24.3 Å². The fourth-order valence-electron chi connectivity index (χ4n) is 3.76. The zero-order valence-electron chi connectivity index (χ0n) is 19.5. The summed E-state index contributed by atoms with van der Waals surface area (Å²) in [7, 11) is -1.86. The van der Waals surface area contributed by atoms with E-state index >= 15 is 0 Å². The number of fused-ring (bicyclic) bond motifs is 1. The van der Waals surface area contributed by atoms with Crippen LogP contribution in [0.3, 0.4) is 0 Å². The van der Waals surface area contributed by atoms with Crippen LogP contribution in [0.25, 0.3) is 0 Å². The largest absolute Gasteiger partial charge is 0.487 e. The van der Waals surface area contributed by atoms with E-state index in [9.17, 15) is 13.2 Å². The summed E-state index contributed by atoms with van der Waals surface area (Å²) >= 11 is 0. The minimum absolute atomic E-state index is 0.176. The summed E-state index contributed by atoms with van der Waals surface area (Å²) in [5.74, 6) is 1.10. The van der Waals surface area contributed by atoms with Gasteiger partial charge >= 0.3 is 0 Å². The molecule has 0 fully saturated rings. The molecule has 0 aliphatic carbocycles. The van der Waals surface area contributed by atoms with Gasteiger partial charge in [-0.1, -0.05) is 19.1 Å². The van der Waals surface area contributed by atoms with E-state index in [2.05, 4.69) is 5.32 Å². The molecular weight excluding hydrogens is 428 g/mol. The molecule has 0 radical (unpaired) electrons. The fourth-order valence-corrected chi connectivity index (χ4v) is 4.27. The molecule has 32 heavy (non-hydrogen) atoms. The molecule has 3 rings (SSSR count). The standard InChI is InChI=1S/C24H32N2O5S/c1-7-21(30-18-11-9-17(10-12-18)26(5)32(6,28)29)23(27)25-20-15-24(3,4)31-22-14-16(2)8-13-19(20)22/h8-14,20-21H,7,15H2,1-6H3,(H,25,27)/t20-,21+/m0/s1. The summed E-state index contributed by atoms with van der Waals surface area (Å²) in [6, 6.07) is 12.5. The average molecular weight is 461 g/mol. The first-order valence-electron chi connectivity index (χ1n) is 10.7. The molecule has 2 atom stereocenters. The average Bonchev–Trinajstić information content (AvgIpc) is 2.70. The van der Waals surface area contributed by atoms with Gasteiger partial charge in [0.05, 0.1) is 18.0 Å². The van der Waals surface area contributed by atoms with Gasteiger partial charge in [0.15, 0.2) is 6.10 Å². The summed E-state index contributed by atoms with van der Waals surface area (Å²) in [4.78, 5) is 13.1. The molecule has 1 N–H and O–H groups in total. The minimum atomic E-state index is -3.34. The van der Waals surface area contributed by atoms with Crippen LogP contribution in [0.1, 0.15) is 50.8 Å². The highest BCUT2D eigenvalue weighted by molar-refractivity contribution is 7.92. The maximum absolute atomic E-state index is 13.1. The Labute approximate surface area is 190 Å². The number of anilines is 1. The van der Waals surface area contributed by atoms with Crippen LogP contribution in [0.15, 0.2) is 42.5 Å². The van der Waals surface area contributed by atoms with Gasteiger partial charge in [0.25, 0.3) is 5.91 Å². The second kappa shape index (κ2) is 9.02. The van der Waals surface area contributed by atoms with Crippen molar-refractivity contribution in [1.82, 2.24) is 5.32 Å². The van der Waals surface area contributed by atoms with Gasteiger partial charge in [0.2, 0.25) is 10.0 Å². The third-order valence-electron chi connectivity index (χ3n) is 5.58. The highest BCUT2D eigenvalue weighted by atomic mass is 32.2. The van der Waals surface area contributed by atoms with Crippen molar-refractivity contribution in [3.05, 3.63) is 53.6 Å². The lowest BCUT2D eigenvalue weighted by Crippen LogP contribution is -2.45. The van der Waals surface area contributed by atoms with E-state index < -0.39 is 21.7 Å². The van der Waals surface area contributed by atoms with Gasteiger partial charge in [-0.15, -0.1) is 0 Å². The number of benzene rings is 2. The van der Waals surface area contributed by atoms with Gasteiger partial charge in [-0.25, -0.2) is 8.42 Å². The molecule has 8 heteroatoms. The summed E-state index contributed by atoms with van der Waals surface area (Å²) in [6.45, 7) is 7.93. The Balaban J connectivity index is 1.73. The first-order chi connectivity index (χ1) is 14.9. The van der Waals surface area contributed by atoms with E-state index in [1.165, 1.54) is 11.4 Å². The maximum atomic E-state index is 13.1. The van der Waals surface area contributed by atoms with E-state index in [0.29, 0.717) is 24.3 Å². The van der Waals surface area contributed by atoms with Crippen molar-refractivity contribution in [2.24, 2.45) is 0 Å². The van der Waals surface area contributed by atoms with Crippen LogP contribution < -0.4 is 19.1 Å². The summed E-state index contributed by atoms with van der Waals surface area (Å²) in [5, 5.41) is 3.14. The molecule has 0 bridgehead atoms. The van der Waals surface area contributed by atoms with E-state index in [-0.39, 0.29) is 11.9 Å². The predicted molar refractivity (Wildman–Crippen MR) is 126 cm³/mol. The van der Waals surface area contributed by atoms with E-state index in [0.717, 1.165) is 23.1 Å². The molecule has 1 heterocycles. The SMILES string of the molecule is CC[C@@H](Oc1ccc(N(C)S(C)(=O)=O)cc1)C(=O)N[C@H]1CC(C)(C)Oc2cc(C)ccc21. The molecule has 1 amide bonds. The third-order valence-corrected chi connectivity index (χ3v) is 6.79. The Morgan fingerprint density at radius 1 is 1.25 bits per heavy atom. The number of hydrogen-bond acceptors (Lipinski definition) is 5. The number of sulfonamides is 1. The van der Waals surface area contributed by atoms with E-state index in [1.807, 2.05) is 45.9 Å². The first kappa shape index (κ1) is 23.9. The molecule has 174 valence electrons. The molecule has 1 aliphatic rings. The van der Waals surface area contributed by atoms with Crippen LogP contribution in [-0.2, 0) is 14.8 Å². The number of nitrogens with one attached hydrogen (secondary N) is 1. The molecule has 0 spiro atoms. The Kier molecular flexibility index (Phi) is 6.74. The normalized spacial score (nSPS) is 18.1. The number of amides is 1. The van der Waals surface area contributed by atoms with Gasteiger partial charge in [0, 0.05) is 19.0 Å². The van der Waals surface area contributed by atoms with Crippen molar-refractivity contribution < 1.29 is 22.7 Å². The fraction of sp³-hybridized carbons (Fsp3) is 0.458. The van der Waals surface area contributed by atoms with Gasteiger partial charge in [0.1, 0.15) is 17.1 Å². The van der Waals surface area contributed by atoms with Gasteiger partial charge < -0.3 is 14.8 Å². The number of carbonyl (C=O) groups is 1. The number of rotatable bonds is 7. The molecule has 0 saturated heterocycles. The molecule has 2 aromatic rings. The van der Waals surface area contributed by atoms with Crippen LogP contribution in [0.4, 0.5) is 5.69 Å². The number of nitrogens with zero attached hydrogens (tertiary/aromatic N) is 1. The van der Waals surface area contributed by atoms with Crippen molar-refractivity contribution in [1.29, 1.82) is 0 Å². The minimum Gasteiger partial charge on any atom is -0.487 e. The predicted octanol–water partition coefficient (Wildman–Crippen LogP) is 3.97. The molecule has 0 aromatic heterocycles. The van der Waals surface area contributed by atoms with Crippen molar-refractivity contribution in [3.63, 3.8) is 0 Å². The van der Waals surface area contributed by atoms with Gasteiger partial charge in [-0.05, 0) is 63.1 Å². The highest BCUT2D eigenvalue weighted by Gasteiger charge is 2.35. The third kappa shape index (κ3) is 5.54. The summed E-state index contributed by atoms with van der Waals surface area (Å²) < 4.78 is 36.6. The van der Waals surface area contributed by atoms with Crippen molar-refractivity contribution in [3.8, 4) is 11.5 Å². The molecule has 7 nitrogen and oxygen atoms in total. The van der Waals surface area contributed by atoms with Crippen molar-refractivity contribution >= 4 is 21.6 Å². The summed E-state index contributed by atoms with van der Waals surface area (Å²) in [6.07, 6.45) is 1.61. The topological polar surface area (TPSA) is 84.9 Å². The number of carbonyl (C=O) groups excluding carboxylic acids is 1. The van der Waals surface area contributed by atoms with Crippen LogP contribution in [0, 0.1) is 6.92 Å². The van der Waals surface area contributed by atoms with Crippen LogP contribution in [-0.4, -0.2) is 39.3 Å². The lowest BCUT2D eigenvalue weighted by Gasteiger charge is -2.38. The van der Waals surface area contributed by atoms with Crippen LogP contribution in [0.2, 0.25) is 0 Å². The van der Waals surface area contributed by atoms with Crippen molar-refractivity contribution in [2.45, 2.75) is 58.3 Å². The van der Waals surface area contributed by atoms with Crippen LogP contribution in [0.5, 0.6) is 11.5 Å². The summed E-state index contributed by atoms with van der Waals surface area (Å²) in [5.41, 5.74) is 2.19. The molecule has 0 saturated carbocycles. The Morgan fingerprint density at radius 3 is 2.50 bits per heavy atom. The monoisotopic (exact) mass is 460 g/mol. The van der Waals surface area contributed by atoms with Crippen molar-refractivity contribution in [2.75, 3.05) is 17.6 Å². The zero-order chi connectivity index (χ0) is 23.7. The number of hydrogen-bond donors (Lipinski definition) is 1. The van der Waals surface area contributed by atoms with Crippen LogP contribution >= 0.6 is 0 Å². The molecule has 0 unspecified atom stereocenters. The quantitative estimate of drug-likeness (QED) is 0.676. The maximum Gasteiger partial charge on any atom is 0.261 e. The first-order valence-corrected chi connectivity index (χ1v) is 12.5. The van der Waals surface area contributed by atoms with E-state index in [4.69, 9.17) is 9.47 Å². The second-order valence-corrected chi connectivity index (χ2v) is 10.9. The second-order valence-electron chi connectivity index (χ2n) is 8.91. The van der Waals surface area contributed by atoms with Gasteiger partial charge in [-0.3, -0.25) is 9.10 Å². The Bertz CT molecular complexity index is 1080. The number of ether oxygens (including phenoxy) is 2.